The van der Waals surface area contributed by atoms with Gasteiger partial charge in [-0.1, -0.05) is 59.7 Å². The smallest absolute Gasteiger partial charge is 0.260 e. The molecule has 0 bridgehead atoms. The van der Waals surface area contributed by atoms with Gasteiger partial charge in [0.25, 0.3) is 11.8 Å². The molecular formula is C49H46N6O7. The number of anilines is 3. The molecule has 13 nitrogen and oxygen atoms in total. The summed E-state index contributed by atoms with van der Waals surface area (Å²) in [4.78, 5) is 63.2. The number of benzene rings is 5. The number of fused-ring (bicyclic) bond motifs is 4. The Morgan fingerprint density at radius 1 is 0.758 bits per heavy atom. The van der Waals surface area contributed by atoms with E-state index in [2.05, 4.69) is 15.7 Å². The van der Waals surface area contributed by atoms with E-state index in [-0.39, 0.29) is 41.9 Å². The van der Waals surface area contributed by atoms with Crippen molar-refractivity contribution in [2.75, 3.05) is 43.5 Å². The lowest BCUT2D eigenvalue weighted by Crippen LogP contribution is -2.53. The minimum absolute atomic E-state index is 0.111. The number of carbonyl (C=O) groups is 4. The molecule has 0 spiro atoms. The van der Waals surface area contributed by atoms with Crippen LogP contribution in [0, 0.1) is 30.6 Å². The summed E-state index contributed by atoms with van der Waals surface area (Å²) in [6.45, 7) is 1.95. The number of imide groups is 2. The number of phenolic OH excluding ortho intramolecular Hbond substituents is 1. The van der Waals surface area contributed by atoms with Gasteiger partial charge in [-0.2, -0.15) is 15.2 Å². The predicted molar refractivity (Wildman–Crippen MR) is 234 cm³/mol. The van der Waals surface area contributed by atoms with Crippen molar-refractivity contribution in [1.29, 1.82) is 0 Å². The molecule has 2 saturated heterocycles. The summed E-state index contributed by atoms with van der Waals surface area (Å²) >= 11 is 0. The van der Waals surface area contributed by atoms with Crippen molar-refractivity contribution in [3.05, 3.63) is 144 Å². The first-order chi connectivity index (χ1) is 30.0. The Labute approximate surface area is 359 Å². The fourth-order valence-corrected chi connectivity index (χ4v) is 10.1. The molecule has 5 aromatic rings. The molecule has 13 heteroatoms. The molecule has 6 atom stereocenters. The van der Waals surface area contributed by atoms with Gasteiger partial charge >= 0.3 is 0 Å². The molecule has 1 saturated carbocycles. The van der Waals surface area contributed by atoms with E-state index in [1.807, 2.05) is 98.7 Å². The molecule has 2 heterocycles. The van der Waals surface area contributed by atoms with Crippen LogP contribution in [-0.4, -0.2) is 62.1 Å². The second-order valence-electron chi connectivity index (χ2n) is 16.5. The van der Waals surface area contributed by atoms with Crippen LogP contribution in [0.2, 0.25) is 0 Å². The van der Waals surface area contributed by atoms with E-state index in [9.17, 15) is 14.7 Å². The van der Waals surface area contributed by atoms with Crippen LogP contribution in [0.3, 0.4) is 0 Å². The number of azo groups is 1. The number of methoxy groups -OCH3 is 2. The molecule has 9 rings (SSSR count). The first-order valence-electron chi connectivity index (χ1n) is 20.5. The molecule has 4 amide bonds. The van der Waals surface area contributed by atoms with Gasteiger partial charge in [0.2, 0.25) is 11.8 Å². The number of hydrogen-bond acceptors (Lipinski definition) is 11. The molecule has 3 fully saturated rings. The van der Waals surface area contributed by atoms with Gasteiger partial charge in [0.05, 0.1) is 60.1 Å². The van der Waals surface area contributed by atoms with Crippen molar-refractivity contribution >= 4 is 52.1 Å². The zero-order valence-corrected chi connectivity index (χ0v) is 35.0. The summed E-state index contributed by atoms with van der Waals surface area (Å²) in [6.07, 6.45) is 2.30. The number of carbonyl (C=O) groups excluding carboxylic acids is 4. The Kier molecular flexibility index (Phi) is 10.1. The summed E-state index contributed by atoms with van der Waals surface area (Å²) in [7, 11) is 6.86. The Morgan fingerprint density at radius 2 is 1.37 bits per heavy atom. The Hall–Kier alpha value is -7.28. The molecule has 6 unspecified atom stereocenters. The molecule has 0 radical (unpaired) electrons. The largest absolute Gasteiger partial charge is 0.508 e. The van der Waals surface area contributed by atoms with Gasteiger partial charge in [-0.3, -0.25) is 29.5 Å². The SMILES string of the molecule is COc1cc(O)cc(OC)c1C1C2=CCC3C(=O)N(c4ccc(N=Nc5ccc(N(C)C)cc5)cc4)C(=O)C3C2CC2C(=O)N(Nc3ccc(C)cc3)C(=O)C21c1ccccc1. The van der Waals surface area contributed by atoms with Gasteiger partial charge in [-0.15, -0.1) is 0 Å². The maximum atomic E-state index is 15.6. The molecule has 4 aliphatic rings. The van der Waals surface area contributed by atoms with E-state index >= 15 is 9.59 Å². The van der Waals surface area contributed by atoms with E-state index in [0.29, 0.717) is 33.9 Å². The molecule has 2 aliphatic heterocycles. The van der Waals surface area contributed by atoms with E-state index in [0.717, 1.165) is 21.8 Å². The first kappa shape index (κ1) is 40.1. The summed E-state index contributed by atoms with van der Waals surface area (Å²) < 4.78 is 11.9. The summed E-state index contributed by atoms with van der Waals surface area (Å²) in [5.41, 5.74) is 7.55. The number of hydrazine groups is 1. The van der Waals surface area contributed by atoms with Crippen LogP contribution >= 0.6 is 0 Å². The van der Waals surface area contributed by atoms with Crippen molar-refractivity contribution in [2.24, 2.45) is 33.9 Å². The fraction of sp³-hybridized carbons (Fsp3) is 0.265. The minimum atomic E-state index is -1.56. The number of nitrogens with one attached hydrogen (secondary N) is 1. The van der Waals surface area contributed by atoms with Crippen LogP contribution in [0.25, 0.3) is 0 Å². The van der Waals surface area contributed by atoms with Crippen molar-refractivity contribution < 1.29 is 33.8 Å². The van der Waals surface area contributed by atoms with E-state index in [4.69, 9.17) is 9.47 Å². The topological polar surface area (TPSA) is 153 Å². The predicted octanol–water partition coefficient (Wildman–Crippen LogP) is 8.39. The molecule has 2 N–H and O–H groups in total. The zero-order valence-electron chi connectivity index (χ0n) is 35.0. The number of allylic oxidation sites excluding steroid dienone is 2. The number of aromatic hydroxyl groups is 1. The quantitative estimate of drug-likeness (QED) is 0.0803. The van der Waals surface area contributed by atoms with Gasteiger partial charge < -0.3 is 19.5 Å². The summed E-state index contributed by atoms with van der Waals surface area (Å²) in [5, 5.41) is 20.7. The average molecular weight is 831 g/mol. The first-order valence-corrected chi connectivity index (χ1v) is 20.5. The van der Waals surface area contributed by atoms with Crippen LogP contribution in [0.5, 0.6) is 17.2 Å². The third kappa shape index (κ3) is 6.38. The third-order valence-corrected chi connectivity index (χ3v) is 13.0. The van der Waals surface area contributed by atoms with Crippen molar-refractivity contribution in [3.8, 4) is 17.2 Å². The number of amides is 4. The highest BCUT2D eigenvalue weighted by atomic mass is 16.5. The summed E-state index contributed by atoms with van der Waals surface area (Å²) in [6, 6.07) is 34.0. The van der Waals surface area contributed by atoms with E-state index < -0.39 is 46.8 Å². The second kappa shape index (κ2) is 15.6. The molecular weight excluding hydrogens is 785 g/mol. The highest BCUT2D eigenvalue weighted by molar-refractivity contribution is 6.22. The number of ether oxygens (including phenoxy) is 2. The Bertz CT molecular complexity index is 2620. The standard InChI is InChI=1S/C49H46N6O7/c1-28-11-13-32(14-12-28)52-55-46(58)39-27-38-36(44(43-40(61-4)25-35(56)26-41(43)62-5)49(39,48(55)60)29-9-7-6-8-10-29)23-24-37-42(38)47(59)54(45(37)57)34-21-17-31(18-22-34)51-50-30-15-19-33(20-16-30)53(2)3/h6-23,25-26,37-39,42,44,52,56H,24,27H2,1-5H3. The maximum Gasteiger partial charge on any atom is 0.260 e. The Balaban J connectivity index is 1.14. The third-order valence-electron chi connectivity index (χ3n) is 13.0. The lowest BCUT2D eigenvalue weighted by atomic mass is 9.49. The van der Waals surface area contributed by atoms with Crippen LogP contribution in [0.15, 0.2) is 137 Å². The minimum Gasteiger partial charge on any atom is -0.508 e. The van der Waals surface area contributed by atoms with Crippen molar-refractivity contribution in [2.45, 2.75) is 31.1 Å². The lowest BCUT2D eigenvalue weighted by molar-refractivity contribution is -0.138. The molecule has 0 aromatic heterocycles. The highest BCUT2D eigenvalue weighted by Crippen LogP contribution is 2.66. The number of rotatable bonds is 10. The number of hydrogen-bond donors (Lipinski definition) is 2. The molecule has 2 aliphatic carbocycles. The average Bonchev–Trinajstić information content (AvgIpc) is 3.67. The van der Waals surface area contributed by atoms with Gasteiger partial charge in [-0.25, -0.2) is 0 Å². The monoisotopic (exact) mass is 830 g/mol. The maximum absolute atomic E-state index is 15.6. The normalized spacial score (nSPS) is 24.1. The summed E-state index contributed by atoms with van der Waals surface area (Å²) in [5.74, 6) is -5.39. The van der Waals surface area contributed by atoms with Crippen LogP contribution < -0.4 is 24.7 Å². The molecule has 62 heavy (non-hydrogen) atoms. The van der Waals surface area contributed by atoms with Crippen molar-refractivity contribution in [1.82, 2.24) is 5.01 Å². The van der Waals surface area contributed by atoms with Gasteiger partial charge in [0.15, 0.2) is 0 Å². The van der Waals surface area contributed by atoms with Gasteiger partial charge in [0.1, 0.15) is 17.2 Å². The van der Waals surface area contributed by atoms with Crippen LogP contribution in [0.1, 0.15) is 35.4 Å². The van der Waals surface area contributed by atoms with Crippen molar-refractivity contribution in [3.63, 3.8) is 0 Å². The number of nitrogens with zero attached hydrogens (tertiary/aromatic N) is 5. The van der Waals surface area contributed by atoms with E-state index in [1.165, 1.54) is 31.3 Å². The van der Waals surface area contributed by atoms with Gasteiger partial charge in [0, 0.05) is 43.4 Å². The van der Waals surface area contributed by atoms with E-state index in [1.54, 1.807) is 36.4 Å². The number of aryl methyl sites for hydroxylation is 1. The second-order valence-corrected chi connectivity index (χ2v) is 16.5. The lowest BCUT2D eigenvalue weighted by Gasteiger charge is -2.51. The van der Waals surface area contributed by atoms with Crippen LogP contribution in [-0.2, 0) is 24.6 Å². The zero-order chi connectivity index (χ0) is 43.4. The van der Waals surface area contributed by atoms with Crippen LogP contribution in [0.4, 0.5) is 28.4 Å². The molecule has 314 valence electrons. The number of phenols is 1. The fourth-order valence-electron chi connectivity index (χ4n) is 10.1. The Morgan fingerprint density at radius 3 is 1.97 bits per heavy atom. The van der Waals surface area contributed by atoms with Gasteiger partial charge in [-0.05, 0) is 91.9 Å². The molecule has 5 aromatic carbocycles. The highest BCUT2D eigenvalue weighted by Gasteiger charge is 2.71.